The number of fused-ring (bicyclic) bond motifs is 5. The van der Waals surface area contributed by atoms with Crippen molar-refractivity contribution in [2.45, 2.75) is 40.0 Å². The molecule has 3 nitrogen and oxygen atoms in total. The zero-order valence-electron chi connectivity index (χ0n) is 14.3. The van der Waals surface area contributed by atoms with E-state index in [4.69, 9.17) is 9.97 Å². The normalized spacial score (nSPS) is 12.6. The first-order valence-electron chi connectivity index (χ1n) is 8.05. The van der Waals surface area contributed by atoms with E-state index in [2.05, 4.69) is 69.4 Å². The van der Waals surface area contributed by atoms with Crippen LogP contribution in [0.1, 0.15) is 37.7 Å². The molecule has 0 bridgehead atoms. The van der Waals surface area contributed by atoms with Gasteiger partial charge < -0.3 is 0 Å². The van der Waals surface area contributed by atoms with E-state index in [0.717, 1.165) is 33.4 Å². The second kappa shape index (κ2) is 4.54. The molecular weight excluding hydrogens is 282 g/mol. The first-order chi connectivity index (χ1) is 10.9. The van der Waals surface area contributed by atoms with Gasteiger partial charge in [0.15, 0.2) is 0 Å². The molecule has 2 heterocycles. The molecule has 0 N–H and O–H groups in total. The maximum Gasteiger partial charge on any atom is 0.148 e. The second-order valence-electron chi connectivity index (χ2n) is 7.40. The Hall–Kier alpha value is -2.42. The molecule has 2 aromatic heterocycles. The minimum atomic E-state index is -0.0608. The Morgan fingerprint density at radius 1 is 0.870 bits per heavy atom. The maximum absolute atomic E-state index is 4.97. The fourth-order valence-corrected chi connectivity index (χ4v) is 3.16. The molecule has 23 heavy (non-hydrogen) atoms. The molecule has 4 aromatic rings. The molecule has 0 unspecified atom stereocenters. The van der Waals surface area contributed by atoms with E-state index in [1.165, 1.54) is 11.1 Å². The summed E-state index contributed by atoms with van der Waals surface area (Å²) in [5.74, 6) is 1.05. The highest BCUT2D eigenvalue weighted by atomic mass is 15.1. The van der Waals surface area contributed by atoms with Gasteiger partial charge in [0.2, 0.25) is 0 Å². The van der Waals surface area contributed by atoms with Crippen molar-refractivity contribution < 1.29 is 0 Å². The summed E-state index contributed by atoms with van der Waals surface area (Å²) >= 11 is 0. The molecule has 0 aliphatic rings. The van der Waals surface area contributed by atoms with E-state index in [-0.39, 0.29) is 5.41 Å². The number of rotatable bonds is 0. The quantitative estimate of drug-likeness (QED) is 0.460. The number of para-hydroxylation sites is 1. The third-order valence-electron chi connectivity index (χ3n) is 4.52. The molecule has 0 fully saturated rings. The molecule has 0 amide bonds. The van der Waals surface area contributed by atoms with Gasteiger partial charge in [0.1, 0.15) is 11.5 Å². The highest BCUT2D eigenvalue weighted by molar-refractivity contribution is 5.96. The molecule has 0 saturated heterocycles. The SMILES string of the molecule is Cc1cc2nc3c4ccccc4nc(C(C)(C)C)n3c2cc1C. The van der Waals surface area contributed by atoms with Crippen LogP contribution >= 0.6 is 0 Å². The van der Waals surface area contributed by atoms with E-state index in [1.54, 1.807) is 0 Å². The van der Waals surface area contributed by atoms with E-state index in [0.29, 0.717) is 0 Å². The predicted octanol–water partition coefficient (Wildman–Crippen LogP) is 4.95. The van der Waals surface area contributed by atoms with Gasteiger partial charge in [-0.05, 0) is 49.2 Å². The van der Waals surface area contributed by atoms with Crippen LogP contribution in [0.15, 0.2) is 36.4 Å². The third kappa shape index (κ3) is 2.03. The number of imidazole rings is 1. The Kier molecular flexibility index (Phi) is 2.80. The van der Waals surface area contributed by atoms with Crippen molar-refractivity contribution in [3.63, 3.8) is 0 Å². The average Bonchev–Trinajstić information content (AvgIpc) is 2.84. The van der Waals surface area contributed by atoms with Crippen molar-refractivity contribution in [1.29, 1.82) is 0 Å². The molecule has 4 rings (SSSR count). The third-order valence-corrected chi connectivity index (χ3v) is 4.52. The van der Waals surface area contributed by atoms with Crippen LogP contribution in [-0.2, 0) is 5.41 Å². The van der Waals surface area contributed by atoms with Gasteiger partial charge in [0.05, 0.1) is 16.6 Å². The van der Waals surface area contributed by atoms with Crippen molar-refractivity contribution in [3.8, 4) is 0 Å². The van der Waals surface area contributed by atoms with Gasteiger partial charge in [0.25, 0.3) is 0 Å². The number of benzene rings is 2. The summed E-state index contributed by atoms with van der Waals surface area (Å²) in [5, 5.41) is 1.10. The summed E-state index contributed by atoms with van der Waals surface area (Å²) in [6.45, 7) is 10.9. The molecule has 0 radical (unpaired) electrons. The molecule has 0 aliphatic heterocycles. The van der Waals surface area contributed by atoms with Crippen LogP contribution in [0.25, 0.3) is 27.6 Å². The summed E-state index contributed by atoms with van der Waals surface area (Å²) < 4.78 is 2.24. The van der Waals surface area contributed by atoms with Crippen LogP contribution < -0.4 is 0 Å². The highest BCUT2D eigenvalue weighted by Gasteiger charge is 2.23. The van der Waals surface area contributed by atoms with Crippen molar-refractivity contribution in [3.05, 3.63) is 53.3 Å². The fourth-order valence-electron chi connectivity index (χ4n) is 3.16. The summed E-state index contributed by atoms with van der Waals surface area (Å²) in [4.78, 5) is 9.91. The summed E-state index contributed by atoms with van der Waals surface area (Å²) in [6, 6.07) is 12.7. The summed E-state index contributed by atoms with van der Waals surface area (Å²) in [6.07, 6.45) is 0. The van der Waals surface area contributed by atoms with Gasteiger partial charge in [-0.15, -0.1) is 0 Å². The minimum Gasteiger partial charge on any atom is -0.279 e. The number of aromatic nitrogens is 3. The molecule has 2 aromatic carbocycles. The molecular formula is C20H21N3. The van der Waals surface area contributed by atoms with Crippen molar-refractivity contribution in [2.75, 3.05) is 0 Å². The van der Waals surface area contributed by atoms with Crippen LogP contribution in [0.2, 0.25) is 0 Å². The monoisotopic (exact) mass is 303 g/mol. The summed E-state index contributed by atoms with van der Waals surface area (Å²) in [5.41, 5.74) is 6.69. The molecule has 116 valence electrons. The van der Waals surface area contributed by atoms with Crippen LogP contribution in [0.3, 0.4) is 0 Å². The van der Waals surface area contributed by atoms with E-state index >= 15 is 0 Å². The lowest BCUT2D eigenvalue weighted by Gasteiger charge is -2.20. The lowest BCUT2D eigenvalue weighted by molar-refractivity contribution is 0.542. The van der Waals surface area contributed by atoms with Crippen LogP contribution in [0.5, 0.6) is 0 Å². The molecule has 0 atom stereocenters. The van der Waals surface area contributed by atoms with Gasteiger partial charge >= 0.3 is 0 Å². The molecule has 0 aliphatic carbocycles. The minimum absolute atomic E-state index is 0.0608. The number of hydrogen-bond donors (Lipinski definition) is 0. The predicted molar refractivity (Wildman–Crippen MR) is 96.2 cm³/mol. The smallest absolute Gasteiger partial charge is 0.148 e. The van der Waals surface area contributed by atoms with Gasteiger partial charge in [-0.1, -0.05) is 32.9 Å². The number of aryl methyl sites for hydroxylation is 2. The Morgan fingerprint density at radius 2 is 1.57 bits per heavy atom. The topological polar surface area (TPSA) is 30.2 Å². The largest absolute Gasteiger partial charge is 0.279 e. The lowest BCUT2D eigenvalue weighted by atomic mass is 9.95. The van der Waals surface area contributed by atoms with Crippen molar-refractivity contribution in [2.24, 2.45) is 0 Å². The van der Waals surface area contributed by atoms with Gasteiger partial charge in [-0.25, -0.2) is 9.97 Å². The summed E-state index contributed by atoms with van der Waals surface area (Å²) in [7, 11) is 0. The first-order valence-corrected chi connectivity index (χ1v) is 8.05. The van der Waals surface area contributed by atoms with Crippen LogP contribution in [0, 0.1) is 13.8 Å². The van der Waals surface area contributed by atoms with E-state index in [9.17, 15) is 0 Å². The first kappa shape index (κ1) is 14.2. The van der Waals surface area contributed by atoms with Crippen molar-refractivity contribution in [1.82, 2.24) is 14.4 Å². The second-order valence-corrected chi connectivity index (χ2v) is 7.40. The van der Waals surface area contributed by atoms with E-state index in [1.807, 2.05) is 6.07 Å². The Labute approximate surface area is 136 Å². The standard InChI is InChI=1S/C20H21N3/c1-12-10-16-17(11-13(12)2)23-18(21-16)14-8-6-7-9-15(14)22-19(23)20(3,4)5/h6-11H,1-5H3. The molecule has 0 saturated carbocycles. The van der Waals surface area contributed by atoms with Crippen molar-refractivity contribution >= 4 is 27.6 Å². The Bertz CT molecular complexity index is 1070. The average molecular weight is 303 g/mol. The zero-order valence-corrected chi connectivity index (χ0v) is 14.3. The highest BCUT2D eigenvalue weighted by Crippen LogP contribution is 2.31. The van der Waals surface area contributed by atoms with Gasteiger partial charge in [0, 0.05) is 10.8 Å². The van der Waals surface area contributed by atoms with Gasteiger partial charge in [-0.2, -0.15) is 0 Å². The Balaban J connectivity index is 2.32. The van der Waals surface area contributed by atoms with Gasteiger partial charge in [-0.3, -0.25) is 4.40 Å². The number of nitrogens with zero attached hydrogens (tertiary/aromatic N) is 3. The van der Waals surface area contributed by atoms with Crippen LogP contribution in [-0.4, -0.2) is 14.4 Å². The lowest BCUT2D eigenvalue weighted by Crippen LogP contribution is -2.19. The molecule has 3 heteroatoms. The zero-order chi connectivity index (χ0) is 16.4. The molecule has 0 spiro atoms. The Morgan fingerprint density at radius 3 is 2.30 bits per heavy atom. The van der Waals surface area contributed by atoms with E-state index < -0.39 is 0 Å². The fraction of sp³-hybridized carbons (Fsp3) is 0.300. The van der Waals surface area contributed by atoms with Crippen LogP contribution in [0.4, 0.5) is 0 Å². The number of hydrogen-bond acceptors (Lipinski definition) is 2. The maximum atomic E-state index is 4.97.